The first-order valence-electron chi connectivity index (χ1n) is 5.52. The fourth-order valence-corrected chi connectivity index (χ4v) is 1.80. The number of benzene rings is 1. The van der Waals surface area contributed by atoms with Crippen molar-refractivity contribution in [2.75, 3.05) is 14.1 Å². The molecule has 0 spiro atoms. The molecule has 17 heavy (non-hydrogen) atoms. The van der Waals surface area contributed by atoms with Crippen molar-refractivity contribution in [3.8, 4) is 0 Å². The van der Waals surface area contributed by atoms with Crippen LogP contribution in [-0.2, 0) is 4.79 Å². The summed E-state index contributed by atoms with van der Waals surface area (Å²) in [6.07, 6.45) is 0.849. The van der Waals surface area contributed by atoms with E-state index < -0.39 is 11.6 Å². The maximum atomic E-state index is 13.6. The van der Waals surface area contributed by atoms with Crippen LogP contribution < -0.4 is 0 Å². The van der Waals surface area contributed by atoms with Crippen LogP contribution in [0.25, 0.3) is 0 Å². The smallest absolute Gasteiger partial charge is 0.129 e. The van der Waals surface area contributed by atoms with Gasteiger partial charge in [0, 0.05) is 18.0 Å². The number of ketones is 1. The normalized spacial score (nSPS) is 12.8. The molecule has 1 rings (SSSR count). The molecule has 0 aliphatic rings. The van der Waals surface area contributed by atoms with E-state index in [0.29, 0.717) is 18.4 Å². The lowest BCUT2D eigenvalue weighted by Crippen LogP contribution is -2.22. The van der Waals surface area contributed by atoms with Gasteiger partial charge in [-0.25, -0.2) is 8.78 Å². The SMILES string of the molecule is CC(=O)CCC(c1cc(F)ccc1F)N(C)C. The molecule has 0 radical (unpaired) electrons. The predicted octanol–water partition coefficient (Wildman–Crippen LogP) is 2.94. The van der Waals surface area contributed by atoms with Crippen LogP contribution in [0.2, 0.25) is 0 Å². The second-order valence-electron chi connectivity index (χ2n) is 4.39. The Hall–Kier alpha value is -1.29. The minimum absolute atomic E-state index is 0.0497. The summed E-state index contributed by atoms with van der Waals surface area (Å²) in [5.74, 6) is -0.849. The Morgan fingerprint density at radius 3 is 2.53 bits per heavy atom. The average Bonchev–Trinajstić information content (AvgIpc) is 2.22. The topological polar surface area (TPSA) is 20.3 Å². The molecule has 0 bridgehead atoms. The average molecular weight is 241 g/mol. The monoisotopic (exact) mass is 241 g/mol. The second-order valence-corrected chi connectivity index (χ2v) is 4.39. The molecule has 0 fully saturated rings. The molecule has 0 aromatic heterocycles. The van der Waals surface area contributed by atoms with Crippen molar-refractivity contribution in [3.05, 3.63) is 35.4 Å². The summed E-state index contributed by atoms with van der Waals surface area (Å²) in [5, 5.41) is 0. The molecule has 0 aliphatic heterocycles. The van der Waals surface area contributed by atoms with Crippen molar-refractivity contribution in [1.82, 2.24) is 4.90 Å². The number of Topliss-reactive ketones (excluding diaryl/α,β-unsaturated/α-hetero) is 1. The number of halogens is 2. The molecule has 0 heterocycles. The van der Waals surface area contributed by atoms with E-state index in [9.17, 15) is 13.6 Å². The molecule has 0 aliphatic carbocycles. The van der Waals surface area contributed by atoms with Gasteiger partial charge in [-0.1, -0.05) is 0 Å². The number of hydrogen-bond acceptors (Lipinski definition) is 2. The Balaban J connectivity index is 2.96. The summed E-state index contributed by atoms with van der Waals surface area (Å²) in [7, 11) is 3.57. The molecule has 0 saturated carbocycles. The van der Waals surface area contributed by atoms with Gasteiger partial charge in [-0.3, -0.25) is 0 Å². The summed E-state index contributed by atoms with van der Waals surface area (Å²) >= 11 is 0. The number of nitrogens with zero attached hydrogens (tertiary/aromatic N) is 1. The Bertz CT molecular complexity index is 404. The first-order chi connectivity index (χ1) is 7.91. The Morgan fingerprint density at radius 2 is 2.00 bits per heavy atom. The van der Waals surface area contributed by atoms with E-state index in [4.69, 9.17) is 0 Å². The van der Waals surface area contributed by atoms with Gasteiger partial charge in [-0.15, -0.1) is 0 Å². The molecule has 1 aromatic rings. The summed E-state index contributed by atoms with van der Waals surface area (Å²) in [6, 6.07) is 3.13. The third-order valence-corrected chi connectivity index (χ3v) is 2.71. The maximum absolute atomic E-state index is 13.6. The van der Waals surface area contributed by atoms with Crippen molar-refractivity contribution >= 4 is 5.78 Å². The standard InChI is InChI=1S/C13H17F2NO/c1-9(17)4-7-13(16(2)3)11-8-10(14)5-6-12(11)15/h5-6,8,13H,4,7H2,1-3H3. The highest BCUT2D eigenvalue weighted by Crippen LogP contribution is 2.26. The van der Waals surface area contributed by atoms with E-state index in [2.05, 4.69) is 0 Å². The minimum atomic E-state index is -0.462. The number of rotatable bonds is 5. The summed E-state index contributed by atoms with van der Waals surface area (Å²) in [4.78, 5) is 12.8. The highest BCUT2D eigenvalue weighted by molar-refractivity contribution is 5.75. The van der Waals surface area contributed by atoms with Crippen LogP contribution in [0.15, 0.2) is 18.2 Å². The summed E-state index contributed by atoms with van der Waals surface area (Å²) in [5.41, 5.74) is 0.302. The van der Waals surface area contributed by atoms with Crippen molar-refractivity contribution < 1.29 is 13.6 Å². The van der Waals surface area contributed by atoms with Crippen LogP contribution in [0.1, 0.15) is 31.4 Å². The Labute approximate surface area is 100 Å². The van der Waals surface area contributed by atoms with Gasteiger partial charge in [0.1, 0.15) is 17.4 Å². The molecule has 2 nitrogen and oxygen atoms in total. The predicted molar refractivity (Wildman–Crippen MR) is 62.7 cm³/mol. The largest absolute Gasteiger partial charge is 0.302 e. The molecule has 1 atom stereocenters. The lowest BCUT2D eigenvalue weighted by atomic mass is 9.99. The highest BCUT2D eigenvalue weighted by atomic mass is 19.1. The van der Waals surface area contributed by atoms with Crippen molar-refractivity contribution in [1.29, 1.82) is 0 Å². The lowest BCUT2D eigenvalue weighted by Gasteiger charge is -2.24. The van der Waals surface area contributed by atoms with E-state index in [1.807, 2.05) is 0 Å². The van der Waals surface area contributed by atoms with Gasteiger partial charge < -0.3 is 9.69 Å². The molecular formula is C13H17F2NO. The van der Waals surface area contributed by atoms with Gasteiger partial charge >= 0.3 is 0 Å². The van der Waals surface area contributed by atoms with Crippen LogP contribution in [0, 0.1) is 11.6 Å². The third kappa shape index (κ3) is 3.89. The molecule has 1 unspecified atom stereocenters. The molecule has 94 valence electrons. The lowest BCUT2D eigenvalue weighted by molar-refractivity contribution is -0.117. The van der Waals surface area contributed by atoms with E-state index >= 15 is 0 Å². The van der Waals surface area contributed by atoms with E-state index in [1.54, 1.807) is 19.0 Å². The zero-order valence-electron chi connectivity index (χ0n) is 10.3. The first-order valence-corrected chi connectivity index (χ1v) is 5.52. The second kappa shape index (κ2) is 5.87. The zero-order chi connectivity index (χ0) is 13.0. The molecule has 4 heteroatoms. The Kier molecular flexibility index (Phi) is 4.75. The molecule has 0 N–H and O–H groups in total. The van der Waals surface area contributed by atoms with Gasteiger partial charge in [0.25, 0.3) is 0 Å². The number of hydrogen-bond donors (Lipinski definition) is 0. The quantitative estimate of drug-likeness (QED) is 0.790. The first kappa shape index (κ1) is 13.8. The van der Waals surface area contributed by atoms with Gasteiger partial charge in [-0.05, 0) is 45.6 Å². The summed E-state index contributed by atoms with van der Waals surface area (Å²) < 4.78 is 26.7. The van der Waals surface area contributed by atoms with Gasteiger partial charge in [-0.2, -0.15) is 0 Å². The molecule has 0 amide bonds. The Morgan fingerprint density at radius 1 is 1.35 bits per heavy atom. The maximum Gasteiger partial charge on any atom is 0.129 e. The molecular weight excluding hydrogens is 224 g/mol. The van der Waals surface area contributed by atoms with Gasteiger partial charge in [0.15, 0.2) is 0 Å². The summed E-state index contributed by atoms with van der Waals surface area (Å²) in [6.45, 7) is 1.49. The molecule has 0 saturated heterocycles. The fourth-order valence-electron chi connectivity index (χ4n) is 1.80. The number of carbonyl (C=O) groups excluding carboxylic acids is 1. The van der Waals surface area contributed by atoms with Crippen LogP contribution in [0.5, 0.6) is 0 Å². The van der Waals surface area contributed by atoms with Crippen molar-refractivity contribution in [2.45, 2.75) is 25.8 Å². The van der Waals surface area contributed by atoms with E-state index in [-0.39, 0.29) is 11.8 Å². The van der Waals surface area contributed by atoms with Crippen LogP contribution in [0.3, 0.4) is 0 Å². The van der Waals surface area contributed by atoms with Crippen LogP contribution in [0.4, 0.5) is 8.78 Å². The van der Waals surface area contributed by atoms with Crippen molar-refractivity contribution in [3.63, 3.8) is 0 Å². The highest BCUT2D eigenvalue weighted by Gasteiger charge is 2.19. The van der Waals surface area contributed by atoms with E-state index in [1.165, 1.54) is 13.0 Å². The molecule has 1 aromatic carbocycles. The van der Waals surface area contributed by atoms with Crippen molar-refractivity contribution in [2.24, 2.45) is 0 Å². The van der Waals surface area contributed by atoms with Gasteiger partial charge in [0.2, 0.25) is 0 Å². The van der Waals surface area contributed by atoms with E-state index in [0.717, 1.165) is 12.1 Å². The third-order valence-electron chi connectivity index (χ3n) is 2.71. The fraction of sp³-hybridized carbons (Fsp3) is 0.462. The zero-order valence-corrected chi connectivity index (χ0v) is 10.3. The van der Waals surface area contributed by atoms with Crippen LogP contribution in [-0.4, -0.2) is 24.8 Å². The minimum Gasteiger partial charge on any atom is -0.302 e. The number of carbonyl (C=O) groups is 1. The van der Waals surface area contributed by atoms with Crippen LogP contribution >= 0.6 is 0 Å². The van der Waals surface area contributed by atoms with Gasteiger partial charge in [0.05, 0.1) is 0 Å².